The number of rotatable bonds is 16. The molecule has 0 aromatic heterocycles. The normalized spacial score (nSPS) is 14.7. The number of amides is 3. The van der Waals surface area contributed by atoms with Crippen LogP contribution < -0.4 is 27.4 Å². The van der Waals surface area contributed by atoms with Crippen LogP contribution >= 0.6 is 0 Å². The number of carbonyl (C=O) groups is 5. The zero-order valence-corrected chi connectivity index (χ0v) is 18.9. The number of hydrogen-bond donors (Lipinski definition) is 7. The number of nitrogens with one attached hydrogen (secondary N) is 3. The lowest BCUT2D eigenvalue weighted by Gasteiger charge is -2.24. The van der Waals surface area contributed by atoms with Crippen molar-refractivity contribution in [2.24, 2.45) is 17.4 Å². The highest BCUT2D eigenvalue weighted by Gasteiger charge is 2.28. The largest absolute Gasteiger partial charge is 0.481 e. The summed E-state index contributed by atoms with van der Waals surface area (Å²) in [5.74, 6) is -4.41. The average molecular weight is 460 g/mol. The Morgan fingerprint density at radius 3 is 1.91 bits per heavy atom. The van der Waals surface area contributed by atoms with Crippen molar-refractivity contribution in [2.45, 2.75) is 83.5 Å². The third kappa shape index (κ3) is 12.2. The predicted molar refractivity (Wildman–Crippen MR) is 116 cm³/mol. The number of carboxylic acids is 2. The summed E-state index contributed by atoms with van der Waals surface area (Å²) < 4.78 is 0. The Kier molecular flexibility index (Phi) is 13.8. The van der Waals surface area contributed by atoms with E-state index in [2.05, 4.69) is 16.0 Å². The summed E-state index contributed by atoms with van der Waals surface area (Å²) in [6, 6.07) is -4.24. The lowest BCUT2D eigenvalue weighted by atomic mass is 10.0. The zero-order chi connectivity index (χ0) is 24.8. The van der Waals surface area contributed by atoms with Gasteiger partial charge in [-0.1, -0.05) is 20.3 Å². The van der Waals surface area contributed by atoms with Gasteiger partial charge in [0.2, 0.25) is 17.7 Å². The van der Waals surface area contributed by atoms with Gasteiger partial charge in [-0.15, -0.1) is 0 Å². The predicted octanol–water partition coefficient (Wildman–Crippen LogP) is -1.09. The highest BCUT2D eigenvalue weighted by atomic mass is 16.4. The molecule has 0 aliphatic heterocycles. The Morgan fingerprint density at radius 2 is 1.41 bits per heavy atom. The number of unbranched alkanes of at least 4 members (excludes halogenated alkanes) is 1. The molecule has 0 fully saturated rings. The Hall–Kier alpha value is -2.73. The maximum atomic E-state index is 12.7. The van der Waals surface area contributed by atoms with Gasteiger partial charge in [0.25, 0.3) is 0 Å². The van der Waals surface area contributed by atoms with Crippen LogP contribution in [0.3, 0.4) is 0 Å². The summed E-state index contributed by atoms with van der Waals surface area (Å²) in [5.41, 5.74) is 11.3. The van der Waals surface area contributed by atoms with E-state index in [0.29, 0.717) is 25.8 Å². The van der Waals surface area contributed by atoms with Crippen molar-refractivity contribution in [2.75, 3.05) is 6.54 Å². The molecule has 0 saturated heterocycles. The fourth-order valence-corrected chi connectivity index (χ4v) is 2.82. The van der Waals surface area contributed by atoms with Crippen LogP contribution in [0.25, 0.3) is 0 Å². The van der Waals surface area contributed by atoms with Crippen LogP contribution in [0.15, 0.2) is 0 Å². The van der Waals surface area contributed by atoms with Gasteiger partial charge in [0.05, 0.1) is 6.04 Å². The molecule has 0 aliphatic rings. The van der Waals surface area contributed by atoms with Gasteiger partial charge in [0.15, 0.2) is 0 Å². The molecule has 0 heterocycles. The van der Waals surface area contributed by atoms with E-state index in [4.69, 9.17) is 21.7 Å². The summed E-state index contributed by atoms with van der Waals surface area (Å²) in [5, 5.41) is 25.1. The molecular formula is C20H37N5O7. The smallest absolute Gasteiger partial charge is 0.326 e. The molecule has 0 saturated carbocycles. The van der Waals surface area contributed by atoms with E-state index in [0.717, 1.165) is 6.42 Å². The van der Waals surface area contributed by atoms with Crippen molar-refractivity contribution in [3.8, 4) is 0 Å². The van der Waals surface area contributed by atoms with E-state index in [1.807, 2.05) is 13.8 Å². The SMILES string of the molecule is CC(C)CC(NC(=O)C(N)CCCCN)C(=O)NC(C)C(=O)NC(CCC(=O)O)C(=O)O. The minimum atomic E-state index is -1.41. The van der Waals surface area contributed by atoms with Gasteiger partial charge in [-0.25, -0.2) is 4.79 Å². The third-order valence-electron chi connectivity index (χ3n) is 4.66. The molecule has 12 heteroatoms. The van der Waals surface area contributed by atoms with Gasteiger partial charge in [0, 0.05) is 6.42 Å². The fourth-order valence-electron chi connectivity index (χ4n) is 2.82. The molecule has 0 radical (unpaired) electrons. The first-order valence-electron chi connectivity index (χ1n) is 10.7. The van der Waals surface area contributed by atoms with Crippen LogP contribution in [0.5, 0.6) is 0 Å². The summed E-state index contributed by atoms with van der Waals surface area (Å²) >= 11 is 0. The molecule has 184 valence electrons. The molecule has 32 heavy (non-hydrogen) atoms. The van der Waals surface area contributed by atoms with E-state index in [-0.39, 0.29) is 12.3 Å². The molecule has 3 amide bonds. The maximum Gasteiger partial charge on any atom is 0.326 e. The van der Waals surface area contributed by atoms with Crippen LogP contribution in [0, 0.1) is 5.92 Å². The monoisotopic (exact) mass is 459 g/mol. The van der Waals surface area contributed by atoms with Crippen LogP contribution in [0.4, 0.5) is 0 Å². The summed E-state index contributed by atoms with van der Waals surface area (Å²) in [6.07, 6.45) is 1.39. The Balaban J connectivity index is 5.00. The molecule has 0 spiro atoms. The summed E-state index contributed by atoms with van der Waals surface area (Å²) in [4.78, 5) is 59.2. The second-order valence-corrected chi connectivity index (χ2v) is 8.14. The van der Waals surface area contributed by atoms with Gasteiger partial charge < -0.3 is 37.6 Å². The van der Waals surface area contributed by atoms with Gasteiger partial charge in [-0.2, -0.15) is 0 Å². The van der Waals surface area contributed by atoms with Crippen LogP contribution in [-0.2, 0) is 24.0 Å². The van der Waals surface area contributed by atoms with Crippen molar-refractivity contribution in [3.05, 3.63) is 0 Å². The second kappa shape index (κ2) is 15.1. The van der Waals surface area contributed by atoms with Gasteiger partial charge in [-0.05, 0) is 45.1 Å². The molecule has 4 atom stereocenters. The van der Waals surface area contributed by atoms with Crippen LogP contribution in [0.2, 0.25) is 0 Å². The minimum Gasteiger partial charge on any atom is -0.481 e. The molecule has 12 nitrogen and oxygen atoms in total. The molecule has 4 unspecified atom stereocenters. The van der Waals surface area contributed by atoms with Gasteiger partial charge in [0.1, 0.15) is 18.1 Å². The lowest BCUT2D eigenvalue weighted by molar-refractivity contribution is -0.143. The van der Waals surface area contributed by atoms with E-state index in [1.54, 1.807) is 0 Å². The van der Waals surface area contributed by atoms with Gasteiger partial charge >= 0.3 is 11.9 Å². The van der Waals surface area contributed by atoms with Crippen LogP contribution in [0.1, 0.15) is 59.3 Å². The van der Waals surface area contributed by atoms with Crippen molar-refractivity contribution in [1.82, 2.24) is 16.0 Å². The third-order valence-corrected chi connectivity index (χ3v) is 4.66. The number of carbonyl (C=O) groups excluding carboxylic acids is 3. The minimum absolute atomic E-state index is 0.0519. The highest BCUT2D eigenvalue weighted by molar-refractivity contribution is 5.93. The Morgan fingerprint density at radius 1 is 0.812 bits per heavy atom. The van der Waals surface area contributed by atoms with E-state index >= 15 is 0 Å². The number of nitrogens with two attached hydrogens (primary N) is 2. The molecule has 0 bridgehead atoms. The van der Waals surface area contributed by atoms with E-state index < -0.39 is 60.2 Å². The summed E-state index contributed by atoms with van der Waals surface area (Å²) in [6.45, 7) is 5.58. The first-order chi connectivity index (χ1) is 14.9. The molecule has 0 aliphatic carbocycles. The van der Waals surface area contributed by atoms with E-state index in [1.165, 1.54) is 6.92 Å². The van der Waals surface area contributed by atoms with Crippen molar-refractivity contribution in [1.29, 1.82) is 0 Å². The van der Waals surface area contributed by atoms with Gasteiger partial charge in [-0.3, -0.25) is 19.2 Å². The second-order valence-electron chi connectivity index (χ2n) is 8.14. The Labute approximate surface area is 187 Å². The van der Waals surface area contributed by atoms with E-state index in [9.17, 15) is 24.0 Å². The quantitative estimate of drug-likeness (QED) is 0.139. The van der Waals surface area contributed by atoms with Crippen molar-refractivity contribution in [3.63, 3.8) is 0 Å². The summed E-state index contributed by atoms with van der Waals surface area (Å²) in [7, 11) is 0. The standard InChI is InChI=1S/C20H37N5O7/c1-11(2)10-15(25-18(29)13(22)6-4-5-9-21)19(30)23-12(3)17(28)24-14(20(31)32)7-8-16(26)27/h11-15H,4-10,21-22H2,1-3H3,(H,23,30)(H,24,28)(H,25,29)(H,26,27)(H,31,32). The molecule has 9 N–H and O–H groups in total. The number of carboxylic acid groups (broad SMARTS) is 2. The highest BCUT2D eigenvalue weighted by Crippen LogP contribution is 2.07. The first-order valence-corrected chi connectivity index (χ1v) is 10.7. The topological polar surface area (TPSA) is 214 Å². The average Bonchev–Trinajstić information content (AvgIpc) is 2.69. The molecular weight excluding hydrogens is 422 g/mol. The van der Waals surface area contributed by atoms with Crippen molar-refractivity contribution >= 4 is 29.7 Å². The number of aliphatic carboxylic acids is 2. The molecule has 0 aromatic carbocycles. The van der Waals surface area contributed by atoms with Crippen LogP contribution in [-0.4, -0.2) is 70.6 Å². The molecule has 0 aromatic rings. The van der Waals surface area contributed by atoms with Crippen molar-refractivity contribution < 1.29 is 34.2 Å². The zero-order valence-electron chi connectivity index (χ0n) is 18.9. The Bertz CT molecular complexity index is 656. The fraction of sp³-hybridized carbons (Fsp3) is 0.750. The first kappa shape index (κ1) is 29.3. The lowest BCUT2D eigenvalue weighted by Crippen LogP contribution is -2.56. The molecule has 0 rings (SSSR count). The number of hydrogen-bond acceptors (Lipinski definition) is 7. The maximum absolute atomic E-state index is 12.7.